The first-order valence-corrected chi connectivity index (χ1v) is 11.5. The van der Waals surface area contributed by atoms with E-state index in [4.69, 9.17) is 9.47 Å². The van der Waals surface area contributed by atoms with Gasteiger partial charge in [0.05, 0.1) is 13.2 Å². The number of Topliss-reactive ketones (excluding diaryl/α,β-unsaturated/α-hetero) is 2. The van der Waals surface area contributed by atoms with Crippen LogP contribution in [0.1, 0.15) is 72.6 Å². The maximum Gasteiger partial charge on any atom is 0.169 e. The summed E-state index contributed by atoms with van der Waals surface area (Å²) < 4.78 is 12.1. The fourth-order valence-corrected chi connectivity index (χ4v) is 8.82. The molecule has 5 aliphatic rings. The zero-order valence-electron chi connectivity index (χ0n) is 18.0. The normalized spacial score (nSPS) is 52.9. The summed E-state index contributed by atoms with van der Waals surface area (Å²) in [6, 6.07) is 0. The molecule has 8 atom stereocenters. The van der Waals surface area contributed by atoms with Gasteiger partial charge < -0.3 is 9.47 Å². The first-order valence-electron chi connectivity index (χ1n) is 11.5. The third-order valence-corrected chi connectivity index (χ3v) is 9.98. The second kappa shape index (κ2) is 6.14. The van der Waals surface area contributed by atoms with Crippen molar-refractivity contribution in [2.75, 3.05) is 13.2 Å². The van der Waals surface area contributed by atoms with Gasteiger partial charge in [-0.15, -0.1) is 0 Å². The van der Waals surface area contributed by atoms with E-state index in [0.717, 1.165) is 25.7 Å². The van der Waals surface area contributed by atoms with Gasteiger partial charge in [-0.05, 0) is 67.6 Å². The van der Waals surface area contributed by atoms with E-state index in [2.05, 4.69) is 27.7 Å². The highest BCUT2D eigenvalue weighted by Gasteiger charge is 2.66. The minimum Gasteiger partial charge on any atom is -0.348 e. The van der Waals surface area contributed by atoms with Crippen LogP contribution in [0.5, 0.6) is 0 Å². The number of hydrogen-bond acceptors (Lipinski definition) is 4. The fraction of sp³-hybridized carbons (Fsp3) is 0.917. The molecule has 5 fully saturated rings. The van der Waals surface area contributed by atoms with Gasteiger partial charge in [0.2, 0.25) is 0 Å². The maximum atomic E-state index is 13.7. The van der Waals surface area contributed by atoms with E-state index in [1.807, 2.05) is 0 Å². The lowest BCUT2D eigenvalue weighted by Crippen LogP contribution is -2.59. The average Bonchev–Trinajstić information content (AvgIpc) is 3.19. The Morgan fingerprint density at radius 1 is 0.893 bits per heavy atom. The van der Waals surface area contributed by atoms with Gasteiger partial charge in [-0.1, -0.05) is 20.8 Å². The van der Waals surface area contributed by atoms with Gasteiger partial charge in [0.15, 0.2) is 5.79 Å². The third-order valence-electron chi connectivity index (χ3n) is 9.98. The number of hydrogen-bond donors (Lipinski definition) is 0. The molecule has 4 heteroatoms. The summed E-state index contributed by atoms with van der Waals surface area (Å²) >= 11 is 0. The molecule has 0 aromatic rings. The number of carbonyl (C=O) groups is 2. The van der Waals surface area contributed by atoms with Crippen molar-refractivity contribution >= 4 is 11.6 Å². The van der Waals surface area contributed by atoms with E-state index in [1.54, 1.807) is 0 Å². The van der Waals surface area contributed by atoms with Crippen LogP contribution in [0.3, 0.4) is 0 Å². The first-order chi connectivity index (χ1) is 13.2. The standard InChI is InChI=1S/C24H36O4/c1-14-12-22(2)15(11-18(14)25)5-6-16-17-7-8-20(24(4)27-9-10-28-24)23(17,3)13-19(26)21(16)22/h14-17,20-21H,5-13H2,1-4H3/t14-,15+,16+,17+,20+,21-,22+,23+/m1/s1. The summed E-state index contributed by atoms with van der Waals surface area (Å²) in [4.78, 5) is 26.1. The molecule has 0 amide bonds. The van der Waals surface area contributed by atoms with Crippen molar-refractivity contribution in [3.05, 3.63) is 0 Å². The lowest BCUT2D eigenvalue weighted by Gasteiger charge is -2.60. The summed E-state index contributed by atoms with van der Waals surface area (Å²) in [5.41, 5.74) is -0.00631. The largest absolute Gasteiger partial charge is 0.348 e. The molecule has 0 aromatic heterocycles. The van der Waals surface area contributed by atoms with Gasteiger partial charge in [-0.2, -0.15) is 0 Å². The number of carbonyl (C=O) groups excluding carboxylic acids is 2. The van der Waals surface area contributed by atoms with Crippen LogP contribution in [0, 0.1) is 46.3 Å². The summed E-state index contributed by atoms with van der Waals surface area (Å²) in [6.45, 7) is 10.2. The highest BCUT2D eigenvalue weighted by atomic mass is 16.7. The molecule has 0 spiro atoms. The molecule has 28 heavy (non-hydrogen) atoms. The summed E-state index contributed by atoms with van der Waals surface area (Å²) in [6.07, 6.45) is 6.78. The molecule has 0 radical (unpaired) electrons. The second-order valence-electron chi connectivity index (χ2n) is 11.3. The molecule has 156 valence electrons. The van der Waals surface area contributed by atoms with Crippen molar-refractivity contribution in [3.63, 3.8) is 0 Å². The SMILES string of the molecule is C[C@@H]1C[C@@]2(C)[C@@H](CC[C@H]3[C@@H]4CC[C@H](C5(C)OCCO5)[C@@]4(C)CC(=O)[C@@H]32)CC1=O. The van der Waals surface area contributed by atoms with E-state index in [1.165, 1.54) is 6.42 Å². The fourth-order valence-electron chi connectivity index (χ4n) is 8.82. The van der Waals surface area contributed by atoms with Gasteiger partial charge in [0.1, 0.15) is 11.6 Å². The monoisotopic (exact) mass is 388 g/mol. The average molecular weight is 389 g/mol. The summed E-state index contributed by atoms with van der Waals surface area (Å²) in [7, 11) is 0. The van der Waals surface area contributed by atoms with Crippen LogP contribution in [0.15, 0.2) is 0 Å². The maximum absolute atomic E-state index is 13.7. The molecule has 1 saturated heterocycles. The smallest absolute Gasteiger partial charge is 0.169 e. The Kier molecular flexibility index (Phi) is 4.22. The number of ketones is 2. The lowest BCUT2D eigenvalue weighted by atomic mass is 9.43. The molecular formula is C24H36O4. The van der Waals surface area contributed by atoms with Crippen LogP contribution >= 0.6 is 0 Å². The lowest BCUT2D eigenvalue weighted by molar-refractivity contribution is -0.216. The van der Waals surface area contributed by atoms with Gasteiger partial charge in [0, 0.05) is 30.6 Å². The van der Waals surface area contributed by atoms with Crippen molar-refractivity contribution < 1.29 is 19.1 Å². The Morgan fingerprint density at radius 3 is 2.32 bits per heavy atom. The minimum atomic E-state index is -0.524. The minimum absolute atomic E-state index is 0.0109. The summed E-state index contributed by atoms with van der Waals surface area (Å²) in [5.74, 6) is 2.37. The Morgan fingerprint density at radius 2 is 1.61 bits per heavy atom. The molecule has 0 aromatic carbocycles. The molecule has 1 aliphatic heterocycles. The Hall–Kier alpha value is -0.740. The number of fused-ring (bicyclic) bond motifs is 5. The van der Waals surface area contributed by atoms with Crippen molar-refractivity contribution in [1.29, 1.82) is 0 Å². The summed E-state index contributed by atoms with van der Waals surface area (Å²) in [5, 5.41) is 0. The first kappa shape index (κ1) is 19.2. The van der Waals surface area contributed by atoms with Crippen LogP contribution in [-0.2, 0) is 19.1 Å². The molecule has 4 saturated carbocycles. The number of rotatable bonds is 1. The van der Waals surface area contributed by atoms with Crippen molar-refractivity contribution in [1.82, 2.24) is 0 Å². The van der Waals surface area contributed by atoms with Gasteiger partial charge in [-0.25, -0.2) is 0 Å². The van der Waals surface area contributed by atoms with Crippen LogP contribution in [0.25, 0.3) is 0 Å². The molecule has 0 bridgehead atoms. The van der Waals surface area contributed by atoms with Crippen LogP contribution in [-0.4, -0.2) is 30.6 Å². The molecule has 4 aliphatic carbocycles. The molecule has 1 heterocycles. The predicted molar refractivity (Wildman–Crippen MR) is 105 cm³/mol. The molecule has 0 unspecified atom stereocenters. The van der Waals surface area contributed by atoms with Crippen LogP contribution < -0.4 is 0 Å². The molecular weight excluding hydrogens is 352 g/mol. The molecule has 5 rings (SSSR count). The zero-order chi connectivity index (χ0) is 19.9. The van der Waals surface area contributed by atoms with E-state index >= 15 is 0 Å². The van der Waals surface area contributed by atoms with Gasteiger partial charge in [-0.3, -0.25) is 9.59 Å². The highest BCUT2D eigenvalue weighted by Crippen LogP contribution is 2.68. The number of ether oxygens (including phenoxy) is 2. The Bertz CT molecular complexity index is 695. The van der Waals surface area contributed by atoms with Crippen molar-refractivity contribution in [3.8, 4) is 0 Å². The highest BCUT2D eigenvalue weighted by molar-refractivity contribution is 5.86. The third kappa shape index (κ3) is 2.43. The van der Waals surface area contributed by atoms with Crippen molar-refractivity contribution in [2.24, 2.45) is 46.3 Å². The Labute approximate surface area is 169 Å². The van der Waals surface area contributed by atoms with E-state index in [0.29, 0.717) is 61.3 Å². The molecule has 4 nitrogen and oxygen atoms in total. The predicted octanol–water partition coefficient (Wildman–Crippen LogP) is 4.40. The Balaban J connectivity index is 1.48. The molecule has 0 N–H and O–H groups in total. The quantitative estimate of drug-likeness (QED) is 0.668. The zero-order valence-corrected chi connectivity index (χ0v) is 18.0. The second-order valence-corrected chi connectivity index (χ2v) is 11.3. The van der Waals surface area contributed by atoms with Crippen molar-refractivity contribution in [2.45, 2.75) is 78.4 Å². The van der Waals surface area contributed by atoms with E-state index in [9.17, 15) is 9.59 Å². The van der Waals surface area contributed by atoms with Gasteiger partial charge in [0.25, 0.3) is 0 Å². The van der Waals surface area contributed by atoms with Crippen LogP contribution in [0.2, 0.25) is 0 Å². The van der Waals surface area contributed by atoms with E-state index in [-0.39, 0.29) is 22.7 Å². The van der Waals surface area contributed by atoms with E-state index < -0.39 is 5.79 Å². The topological polar surface area (TPSA) is 52.6 Å². The van der Waals surface area contributed by atoms with Crippen LogP contribution in [0.4, 0.5) is 0 Å². The van der Waals surface area contributed by atoms with Gasteiger partial charge >= 0.3 is 0 Å².